The average molecular weight is 510 g/mol. The molecule has 3 aromatic rings. The van der Waals surface area contributed by atoms with E-state index in [2.05, 4.69) is 26.0 Å². The minimum absolute atomic E-state index is 0.0548. The summed E-state index contributed by atoms with van der Waals surface area (Å²) in [6.07, 6.45) is 10.1. The van der Waals surface area contributed by atoms with Gasteiger partial charge in [0.15, 0.2) is 5.65 Å². The SMILES string of the molecule is CNc1cc(Nc2cccn(C3CCC(OC)CC3)c2=O)nc2c(C(=O)N[C@@H]3CC[C@@H](OC)C3)cnn12. The van der Waals surface area contributed by atoms with Crippen LogP contribution >= 0.6 is 0 Å². The normalized spacial score (nSPS) is 23.8. The molecule has 0 saturated heterocycles. The predicted molar refractivity (Wildman–Crippen MR) is 141 cm³/mol. The number of nitrogens with one attached hydrogen (secondary N) is 3. The van der Waals surface area contributed by atoms with E-state index in [0.29, 0.717) is 28.5 Å². The molecular formula is C26H35N7O4. The van der Waals surface area contributed by atoms with Gasteiger partial charge in [0.25, 0.3) is 11.5 Å². The first-order valence-corrected chi connectivity index (χ1v) is 12.9. The molecule has 0 spiro atoms. The van der Waals surface area contributed by atoms with Crippen molar-refractivity contribution in [3.63, 3.8) is 0 Å². The zero-order valence-electron chi connectivity index (χ0n) is 21.6. The summed E-state index contributed by atoms with van der Waals surface area (Å²) in [5.74, 6) is 0.864. The van der Waals surface area contributed by atoms with E-state index in [0.717, 1.165) is 44.9 Å². The zero-order valence-corrected chi connectivity index (χ0v) is 21.6. The van der Waals surface area contributed by atoms with E-state index in [1.165, 1.54) is 6.20 Å². The second-order valence-corrected chi connectivity index (χ2v) is 9.84. The minimum Gasteiger partial charge on any atom is -0.381 e. The van der Waals surface area contributed by atoms with Crippen LogP contribution in [0, 0.1) is 0 Å². The number of hydrogen-bond donors (Lipinski definition) is 3. The third-order valence-electron chi connectivity index (χ3n) is 7.63. The van der Waals surface area contributed by atoms with Gasteiger partial charge in [-0.25, -0.2) is 4.98 Å². The first-order chi connectivity index (χ1) is 18.0. The van der Waals surface area contributed by atoms with Crippen molar-refractivity contribution in [3.05, 3.63) is 46.5 Å². The smallest absolute Gasteiger partial charge is 0.274 e. The molecule has 0 radical (unpaired) electrons. The van der Waals surface area contributed by atoms with Crippen LogP contribution in [0.3, 0.4) is 0 Å². The van der Waals surface area contributed by atoms with Gasteiger partial charge in [0.2, 0.25) is 0 Å². The first-order valence-electron chi connectivity index (χ1n) is 12.9. The quantitative estimate of drug-likeness (QED) is 0.423. The summed E-state index contributed by atoms with van der Waals surface area (Å²) in [5, 5.41) is 13.7. The second kappa shape index (κ2) is 10.9. The molecule has 37 heavy (non-hydrogen) atoms. The van der Waals surface area contributed by atoms with Gasteiger partial charge in [0, 0.05) is 45.6 Å². The number of carbonyl (C=O) groups is 1. The van der Waals surface area contributed by atoms with Gasteiger partial charge in [-0.1, -0.05) is 0 Å². The molecule has 11 nitrogen and oxygen atoms in total. The van der Waals surface area contributed by atoms with Crippen LogP contribution in [0.4, 0.5) is 17.3 Å². The highest BCUT2D eigenvalue weighted by Gasteiger charge is 2.28. The summed E-state index contributed by atoms with van der Waals surface area (Å²) < 4.78 is 14.3. The highest BCUT2D eigenvalue weighted by molar-refractivity contribution is 6.00. The van der Waals surface area contributed by atoms with Gasteiger partial charge in [0.05, 0.1) is 18.4 Å². The summed E-state index contributed by atoms with van der Waals surface area (Å²) >= 11 is 0. The van der Waals surface area contributed by atoms with Crippen LogP contribution in [0.15, 0.2) is 35.4 Å². The maximum Gasteiger partial charge on any atom is 0.274 e. The topological polar surface area (TPSA) is 124 Å². The van der Waals surface area contributed by atoms with Gasteiger partial charge >= 0.3 is 0 Å². The molecule has 2 saturated carbocycles. The molecule has 2 atom stereocenters. The maximum absolute atomic E-state index is 13.3. The molecule has 5 rings (SSSR count). The van der Waals surface area contributed by atoms with Gasteiger partial charge in [-0.3, -0.25) is 9.59 Å². The summed E-state index contributed by atoms with van der Waals surface area (Å²) in [5.41, 5.74) is 1.11. The molecule has 2 fully saturated rings. The fraction of sp³-hybridized carbons (Fsp3) is 0.538. The Bertz CT molecular complexity index is 1310. The van der Waals surface area contributed by atoms with E-state index in [1.807, 2.05) is 12.3 Å². The summed E-state index contributed by atoms with van der Waals surface area (Å²) in [4.78, 5) is 31.1. The largest absolute Gasteiger partial charge is 0.381 e. The number of methoxy groups -OCH3 is 2. The Morgan fingerprint density at radius 1 is 1.08 bits per heavy atom. The van der Waals surface area contributed by atoms with E-state index in [4.69, 9.17) is 9.47 Å². The van der Waals surface area contributed by atoms with Crippen molar-refractivity contribution in [2.75, 3.05) is 31.9 Å². The van der Waals surface area contributed by atoms with Gasteiger partial charge in [-0.15, -0.1) is 0 Å². The van der Waals surface area contributed by atoms with Crippen molar-refractivity contribution in [2.24, 2.45) is 0 Å². The third-order valence-corrected chi connectivity index (χ3v) is 7.63. The predicted octanol–water partition coefficient (Wildman–Crippen LogP) is 3.10. The number of hydrogen-bond acceptors (Lipinski definition) is 8. The monoisotopic (exact) mass is 509 g/mol. The molecule has 0 unspecified atom stereocenters. The molecule has 0 aliphatic heterocycles. The van der Waals surface area contributed by atoms with E-state index in [1.54, 1.807) is 42.5 Å². The van der Waals surface area contributed by atoms with Crippen LogP contribution in [-0.4, -0.2) is 64.6 Å². The van der Waals surface area contributed by atoms with Crippen molar-refractivity contribution in [2.45, 2.75) is 69.2 Å². The number of nitrogens with zero attached hydrogens (tertiary/aromatic N) is 4. The lowest BCUT2D eigenvalue weighted by atomic mass is 9.92. The minimum atomic E-state index is -0.225. The number of ether oxygens (including phenoxy) is 2. The maximum atomic E-state index is 13.3. The van der Waals surface area contributed by atoms with E-state index < -0.39 is 0 Å². The van der Waals surface area contributed by atoms with Gasteiger partial charge in [-0.2, -0.15) is 9.61 Å². The number of anilines is 3. The molecule has 3 N–H and O–H groups in total. The lowest BCUT2D eigenvalue weighted by molar-refractivity contribution is 0.0580. The van der Waals surface area contributed by atoms with E-state index in [-0.39, 0.29) is 35.8 Å². The number of rotatable bonds is 8. The summed E-state index contributed by atoms with van der Waals surface area (Å²) in [6.45, 7) is 0. The van der Waals surface area contributed by atoms with Crippen LogP contribution in [0.2, 0.25) is 0 Å². The fourth-order valence-electron chi connectivity index (χ4n) is 5.50. The van der Waals surface area contributed by atoms with E-state index >= 15 is 0 Å². The molecule has 2 aliphatic rings. The Kier molecular flexibility index (Phi) is 7.43. The number of carbonyl (C=O) groups excluding carboxylic acids is 1. The van der Waals surface area contributed by atoms with Crippen molar-refractivity contribution < 1.29 is 14.3 Å². The van der Waals surface area contributed by atoms with Crippen LogP contribution in [-0.2, 0) is 9.47 Å². The highest BCUT2D eigenvalue weighted by atomic mass is 16.5. The van der Waals surface area contributed by atoms with Crippen molar-refractivity contribution >= 4 is 28.9 Å². The number of aromatic nitrogens is 4. The van der Waals surface area contributed by atoms with Gasteiger partial charge < -0.3 is 30.0 Å². The zero-order chi connectivity index (χ0) is 25.9. The Morgan fingerprint density at radius 2 is 1.84 bits per heavy atom. The summed E-state index contributed by atoms with van der Waals surface area (Å²) in [6, 6.07) is 5.58. The summed E-state index contributed by atoms with van der Waals surface area (Å²) in [7, 11) is 5.21. The Balaban J connectivity index is 1.39. The first kappa shape index (κ1) is 25.2. The molecule has 1 amide bonds. The standard InChI is InChI=1S/C26H35N7O4/c1-27-23-14-22(30-21-5-4-12-32(26(21)35)17-7-10-18(36-2)11-8-17)31-24-20(15-28-33(23)24)25(34)29-16-6-9-19(13-16)37-3/h4-5,12,14-19,27H,6-11,13H2,1-3H3,(H,29,34)(H,30,31)/t16-,17?,18?,19-/m1/s1. The Morgan fingerprint density at radius 3 is 2.54 bits per heavy atom. The van der Waals surface area contributed by atoms with Gasteiger partial charge in [-0.05, 0) is 57.1 Å². The molecular weight excluding hydrogens is 474 g/mol. The fourth-order valence-corrected chi connectivity index (χ4v) is 5.50. The van der Waals surface area contributed by atoms with Crippen molar-refractivity contribution in [3.8, 4) is 0 Å². The highest BCUT2D eigenvalue weighted by Crippen LogP contribution is 2.29. The van der Waals surface area contributed by atoms with Crippen molar-refractivity contribution in [1.82, 2.24) is 24.5 Å². The molecule has 0 aromatic carbocycles. The lowest BCUT2D eigenvalue weighted by Gasteiger charge is -2.29. The molecule has 11 heteroatoms. The van der Waals surface area contributed by atoms with Gasteiger partial charge in [0.1, 0.15) is 22.9 Å². The van der Waals surface area contributed by atoms with Crippen LogP contribution in [0.25, 0.3) is 5.65 Å². The average Bonchev–Trinajstić information content (AvgIpc) is 3.56. The van der Waals surface area contributed by atoms with Crippen molar-refractivity contribution in [1.29, 1.82) is 0 Å². The number of amides is 1. The molecule has 0 bridgehead atoms. The number of pyridine rings is 1. The Hall–Kier alpha value is -3.44. The molecule has 3 aromatic heterocycles. The molecule has 2 aliphatic carbocycles. The molecule has 3 heterocycles. The van der Waals surface area contributed by atoms with E-state index in [9.17, 15) is 9.59 Å². The van der Waals surface area contributed by atoms with Crippen LogP contribution in [0.5, 0.6) is 0 Å². The number of fused-ring (bicyclic) bond motifs is 1. The van der Waals surface area contributed by atoms with Crippen LogP contribution in [0.1, 0.15) is 61.3 Å². The van der Waals surface area contributed by atoms with Crippen LogP contribution < -0.4 is 21.5 Å². The third kappa shape index (κ3) is 5.19. The Labute approximate surface area is 215 Å². The lowest BCUT2D eigenvalue weighted by Crippen LogP contribution is -2.33. The second-order valence-electron chi connectivity index (χ2n) is 9.84. The molecule has 198 valence electrons.